The lowest BCUT2D eigenvalue weighted by atomic mass is 9.69. The van der Waals surface area contributed by atoms with Crippen LogP contribution in [0.1, 0.15) is 47.5 Å². The van der Waals surface area contributed by atoms with Crippen molar-refractivity contribution in [2.75, 3.05) is 0 Å². The second-order valence-corrected chi connectivity index (χ2v) is 5.94. The van der Waals surface area contributed by atoms with Crippen molar-refractivity contribution in [1.82, 2.24) is 0 Å². The number of carbonyl (C=O) groups excluding carboxylic acids is 1. The zero-order chi connectivity index (χ0) is 12.3. The standard InChI is InChI=1S/C15H24O/c1-6-7-14(16)13-10-12(15(3,4)5)9-8-11(13)2/h6-8,12-13H,9-10H2,1-5H3/b7-6-/t12-,13+/m0/s1. The number of allylic oxidation sites excluding steroid dienone is 4. The van der Waals surface area contributed by atoms with E-state index >= 15 is 0 Å². The molecule has 0 amide bonds. The van der Waals surface area contributed by atoms with Gasteiger partial charge in [0.15, 0.2) is 5.78 Å². The molecule has 0 bridgehead atoms. The maximum atomic E-state index is 12.0. The highest BCUT2D eigenvalue weighted by Crippen LogP contribution is 2.40. The van der Waals surface area contributed by atoms with Gasteiger partial charge < -0.3 is 0 Å². The van der Waals surface area contributed by atoms with E-state index in [9.17, 15) is 4.79 Å². The largest absolute Gasteiger partial charge is 0.294 e. The van der Waals surface area contributed by atoms with Gasteiger partial charge in [-0.25, -0.2) is 0 Å². The summed E-state index contributed by atoms with van der Waals surface area (Å²) in [5.41, 5.74) is 1.55. The van der Waals surface area contributed by atoms with Crippen molar-refractivity contribution in [3.63, 3.8) is 0 Å². The molecule has 1 rings (SSSR count). The molecule has 1 aliphatic carbocycles. The number of ketones is 1. The Bertz CT molecular complexity index is 315. The zero-order valence-corrected chi connectivity index (χ0v) is 11.2. The van der Waals surface area contributed by atoms with E-state index in [4.69, 9.17) is 0 Å². The van der Waals surface area contributed by atoms with Crippen molar-refractivity contribution in [2.45, 2.75) is 47.5 Å². The first-order valence-electron chi connectivity index (χ1n) is 6.19. The van der Waals surface area contributed by atoms with Gasteiger partial charge >= 0.3 is 0 Å². The highest BCUT2D eigenvalue weighted by Gasteiger charge is 2.32. The first kappa shape index (κ1) is 13.2. The van der Waals surface area contributed by atoms with E-state index in [2.05, 4.69) is 33.8 Å². The molecule has 16 heavy (non-hydrogen) atoms. The van der Waals surface area contributed by atoms with E-state index in [1.807, 2.05) is 13.0 Å². The van der Waals surface area contributed by atoms with Gasteiger partial charge in [-0.1, -0.05) is 38.5 Å². The van der Waals surface area contributed by atoms with Gasteiger partial charge in [0.2, 0.25) is 0 Å². The van der Waals surface area contributed by atoms with Gasteiger partial charge in [-0.2, -0.15) is 0 Å². The minimum absolute atomic E-state index is 0.120. The monoisotopic (exact) mass is 220 g/mol. The Morgan fingerprint density at radius 2 is 2.06 bits per heavy atom. The van der Waals surface area contributed by atoms with Crippen molar-refractivity contribution in [3.05, 3.63) is 23.8 Å². The molecule has 0 fully saturated rings. The third-order valence-electron chi connectivity index (χ3n) is 3.69. The molecule has 0 unspecified atom stereocenters. The second-order valence-electron chi connectivity index (χ2n) is 5.94. The summed E-state index contributed by atoms with van der Waals surface area (Å²) in [5.74, 6) is 1.01. The Labute approximate surface area is 99.6 Å². The van der Waals surface area contributed by atoms with Gasteiger partial charge in [-0.15, -0.1) is 0 Å². The molecule has 0 aromatic heterocycles. The number of hydrogen-bond acceptors (Lipinski definition) is 1. The van der Waals surface area contributed by atoms with Crippen LogP contribution in [0.5, 0.6) is 0 Å². The maximum Gasteiger partial charge on any atom is 0.162 e. The zero-order valence-electron chi connectivity index (χ0n) is 11.2. The summed E-state index contributed by atoms with van der Waals surface area (Å²) in [6, 6.07) is 0. The Morgan fingerprint density at radius 3 is 2.56 bits per heavy atom. The number of hydrogen-bond donors (Lipinski definition) is 0. The molecule has 0 aromatic rings. The highest BCUT2D eigenvalue weighted by atomic mass is 16.1. The molecule has 0 aromatic carbocycles. The SMILES string of the molecule is C/C=C\C(=O)[C@@H]1C[C@@H](C(C)(C)C)CC=C1C. The van der Waals surface area contributed by atoms with Crippen LogP contribution < -0.4 is 0 Å². The molecule has 0 aliphatic heterocycles. The van der Waals surface area contributed by atoms with Crippen LogP contribution in [0, 0.1) is 17.3 Å². The molecule has 0 spiro atoms. The average molecular weight is 220 g/mol. The van der Waals surface area contributed by atoms with E-state index in [-0.39, 0.29) is 11.7 Å². The third-order valence-corrected chi connectivity index (χ3v) is 3.69. The summed E-state index contributed by atoms with van der Waals surface area (Å²) in [6.45, 7) is 10.8. The van der Waals surface area contributed by atoms with E-state index in [1.165, 1.54) is 5.57 Å². The molecular formula is C15H24O. The van der Waals surface area contributed by atoms with Gasteiger partial charge in [-0.3, -0.25) is 4.79 Å². The topological polar surface area (TPSA) is 17.1 Å². The van der Waals surface area contributed by atoms with Gasteiger partial charge in [0.25, 0.3) is 0 Å². The van der Waals surface area contributed by atoms with Gasteiger partial charge in [0.1, 0.15) is 0 Å². The summed E-state index contributed by atoms with van der Waals surface area (Å²) in [5, 5.41) is 0. The minimum atomic E-state index is 0.120. The quantitative estimate of drug-likeness (QED) is 0.504. The summed E-state index contributed by atoms with van der Waals surface area (Å²) in [6.07, 6.45) is 7.94. The molecule has 0 heterocycles. The molecule has 0 saturated carbocycles. The fraction of sp³-hybridized carbons (Fsp3) is 0.667. The fourth-order valence-electron chi connectivity index (χ4n) is 2.37. The molecule has 1 nitrogen and oxygen atoms in total. The van der Waals surface area contributed by atoms with Crippen LogP contribution in [0.15, 0.2) is 23.8 Å². The van der Waals surface area contributed by atoms with Crippen LogP contribution in [-0.2, 0) is 4.79 Å². The van der Waals surface area contributed by atoms with Crippen molar-refractivity contribution >= 4 is 5.78 Å². The van der Waals surface area contributed by atoms with Gasteiger partial charge in [0.05, 0.1) is 0 Å². The lowest BCUT2D eigenvalue weighted by molar-refractivity contribution is -0.118. The van der Waals surface area contributed by atoms with Crippen molar-refractivity contribution < 1.29 is 4.79 Å². The molecule has 0 radical (unpaired) electrons. The van der Waals surface area contributed by atoms with Crippen molar-refractivity contribution in [2.24, 2.45) is 17.3 Å². The summed E-state index contributed by atoms with van der Waals surface area (Å²) in [7, 11) is 0. The maximum absolute atomic E-state index is 12.0. The Morgan fingerprint density at radius 1 is 1.44 bits per heavy atom. The van der Waals surface area contributed by atoms with Crippen molar-refractivity contribution in [3.8, 4) is 0 Å². The van der Waals surface area contributed by atoms with Crippen LogP contribution in [-0.4, -0.2) is 5.78 Å². The Balaban J connectivity index is 2.83. The minimum Gasteiger partial charge on any atom is -0.294 e. The molecule has 0 saturated heterocycles. The normalized spacial score (nSPS) is 26.9. The first-order chi connectivity index (χ1) is 7.36. The average Bonchev–Trinajstić information content (AvgIpc) is 2.16. The van der Waals surface area contributed by atoms with Gasteiger partial charge in [-0.05, 0) is 44.1 Å². The summed E-state index contributed by atoms with van der Waals surface area (Å²) in [4.78, 5) is 12.0. The van der Waals surface area contributed by atoms with Crippen LogP contribution in [0.4, 0.5) is 0 Å². The molecule has 1 heteroatoms. The third kappa shape index (κ3) is 3.07. The van der Waals surface area contributed by atoms with Crippen LogP contribution >= 0.6 is 0 Å². The van der Waals surface area contributed by atoms with Crippen molar-refractivity contribution in [1.29, 1.82) is 0 Å². The van der Waals surface area contributed by atoms with E-state index in [0.717, 1.165) is 12.8 Å². The Kier molecular flexibility index (Phi) is 4.12. The lowest BCUT2D eigenvalue weighted by Crippen LogP contribution is -2.29. The predicted molar refractivity (Wildman–Crippen MR) is 69.2 cm³/mol. The summed E-state index contributed by atoms with van der Waals surface area (Å²) >= 11 is 0. The van der Waals surface area contributed by atoms with E-state index < -0.39 is 0 Å². The molecule has 1 aliphatic rings. The van der Waals surface area contributed by atoms with Gasteiger partial charge in [0, 0.05) is 5.92 Å². The summed E-state index contributed by atoms with van der Waals surface area (Å²) < 4.78 is 0. The first-order valence-corrected chi connectivity index (χ1v) is 6.19. The predicted octanol–water partition coefficient (Wildman–Crippen LogP) is 4.15. The Hall–Kier alpha value is -0.850. The van der Waals surface area contributed by atoms with Crippen LogP contribution in [0.2, 0.25) is 0 Å². The number of carbonyl (C=O) groups is 1. The van der Waals surface area contributed by atoms with E-state index in [1.54, 1.807) is 6.08 Å². The lowest BCUT2D eigenvalue weighted by Gasteiger charge is -2.36. The molecule has 0 N–H and O–H groups in total. The van der Waals surface area contributed by atoms with Crippen LogP contribution in [0.3, 0.4) is 0 Å². The second kappa shape index (κ2) is 4.99. The molecular weight excluding hydrogens is 196 g/mol. The highest BCUT2D eigenvalue weighted by molar-refractivity contribution is 5.93. The smallest absolute Gasteiger partial charge is 0.162 e. The molecule has 2 atom stereocenters. The number of rotatable bonds is 2. The van der Waals surface area contributed by atoms with E-state index in [0.29, 0.717) is 11.3 Å². The van der Waals surface area contributed by atoms with Crippen LogP contribution in [0.25, 0.3) is 0 Å². The molecule has 90 valence electrons. The fourth-order valence-corrected chi connectivity index (χ4v) is 2.37.